The molecule has 1 atom stereocenters. The van der Waals surface area contributed by atoms with Gasteiger partial charge in [0, 0.05) is 5.54 Å². The summed E-state index contributed by atoms with van der Waals surface area (Å²) < 4.78 is 39.6. The van der Waals surface area contributed by atoms with Crippen LogP contribution in [0.15, 0.2) is 12.1 Å². The lowest BCUT2D eigenvalue weighted by Gasteiger charge is -2.26. The lowest BCUT2D eigenvalue weighted by Crippen LogP contribution is -2.49. The number of carbonyl (C=O) groups is 2. The van der Waals surface area contributed by atoms with E-state index in [-0.39, 0.29) is 12.5 Å². The van der Waals surface area contributed by atoms with E-state index >= 15 is 0 Å². The Morgan fingerprint density at radius 2 is 1.75 bits per heavy atom. The fraction of sp³-hybridized carbons (Fsp3) is 0.500. The van der Waals surface area contributed by atoms with Gasteiger partial charge in [0.05, 0.1) is 18.3 Å². The van der Waals surface area contributed by atoms with Crippen molar-refractivity contribution < 1.29 is 22.8 Å². The highest BCUT2D eigenvalue weighted by Crippen LogP contribution is 2.20. The molecule has 24 heavy (non-hydrogen) atoms. The monoisotopic (exact) mass is 345 g/mol. The van der Waals surface area contributed by atoms with Crippen LogP contribution >= 0.6 is 0 Å². The van der Waals surface area contributed by atoms with E-state index in [4.69, 9.17) is 0 Å². The van der Waals surface area contributed by atoms with Crippen LogP contribution in [-0.4, -0.2) is 41.9 Å². The average Bonchev–Trinajstić information content (AvgIpc) is 2.44. The van der Waals surface area contributed by atoms with Gasteiger partial charge in [0.2, 0.25) is 11.8 Å². The SMILES string of the molecule is CC(C(=O)Nc1ccc(F)c(F)c1F)N(C)CC(=O)NC(C)(C)C. The van der Waals surface area contributed by atoms with Crippen LogP contribution in [0.3, 0.4) is 0 Å². The molecule has 0 heterocycles. The smallest absolute Gasteiger partial charge is 0.241 e. The van der Waals surface area contributed by atoms with Crippen molar-refractivity contribution in [3.8, 4) is 0 Å². The van der Waals surface area contributed by atoms with Gasteiger partial charge in [0.1, 0.15) is 0 Å². The van der Waals surface area contributed by atoms with E-state index in [2.05, 4.69) is 10.6 Å². The number of nitrogens with zero attached hydrogens (tertiary/aromatic N) is 1. The average molecular weight is 345 g/mol. The number of hydrogen-bond acceptors (Lipinski definition) is 3. The molecule has 0 aromatic heterocycles. The Hall–Kier alpha value is -2.09. The Morgan fingerprint density at radius 3 is 2.29 bits per heavy atom. The van der Waals surface area contributed by atoms with E-state index < -0.39 is 40.6 Å². The van der Waals surface area contributed by atoms with Crippen molar-refractivity contribution in [1.29, 1.82) is 0 Å². The van der Waals surface area contributed by atoms with Gasteiger partial charge in [-0.1, -0.05) is 0 Å². The lowest BCUT2D eigenvalue weighted by molar-refractivity contribution is -0.125. The standard InChI is InChI=1S/C16H22F3N3O2/c1-9(22(5)8-12(23)21-16(2,3)4)15(24)20-11-7-6-10(17)13(18)14(11)19/h6-7,9H,8H2,1-5H3,(H,20,24)(H,21,23). The normalized spacial score (nSPS) is 12.9. The number of likely N-dealkylation sites (N-methyl/N-ethyl adjacent to an activating group) is 1. The van der Waals surface area contributed by atoms with E-state index in [1.807, 2.05) is 20.8 Å². The van der Waals surface area contributed by atoms with Crippen molar-refractivity contribution in [2.75, 3.05) is 18.9 Å². The second kappa shape index (κ2) is 7.65. The first-order chi connectivity index (χ1) is 10.9. The number of amides is 2. The third kappa shape index (κ3) is 5.52. The van der Waals surface area contributed by atoms with Crippen LogP contribution in [0.4, 0.5) is 18.9 Å². The molecule has 0 radical (unpaired) electrons. The zero-order valence-electron chi connectivity index (χ0n) is 14.3. The van der Waals surface area contributed by atoms with Crippen LogP contribution in [0.1, 0.15) is 27.7 Å². The summed E-state index contributed by atoms with van der Waals surface area (Å²) in [4.78, 5) is 25.4. The van der Waals surface area contributed by atoms with Crippen molar-refractivity contribution in [3.05, 3.63) is 29.6 Å². The maximum Gasteiger partial charge on any atom is 0.241 e. The van der Waals surface area contributed by atoms with Crippen molar-refractivity contribution in [1.82, 2.24) is 10.2 Å². The third-order valence-electron chi connectivity index (χ3n) is 3.24. The first-order valence-electron chi connectivity index (χ1n) is 7.38. The summed E-state index contributed by atoms with van der Waals surface area (Å²) in [6.45, 7) is 6.94. The van der Waals surface area contributed by atoms with Gasteiger partial charge >= 0.3 is 0 Å². The summed E-state index contributed by atoms with van der Waals surface area (Å²) in [6, 6.07) is 0.868. The van der Waals surface area contributed by atoms with E-state index in [0.717, 1.165) is 12.1 Å². The largest absolute Gasteiger partial charge is 0.350 e. The molecular formula is C16H22F3N3O2. The molecule has 0 bridgehead atoms. The number of benzene rings is 1. The predicted octanol–water partition coefficient (Wildman–Crippen LogP) is 2.28. The molecule has 0 fully saturated rings. The van der Waals surface area contributed by atoms with Gasteiger partial charge in [-0.25, -0.2) is 13.2 Å². The zero-order valence-corrected chi connectivity index (χ0v) is 14.3. The number of rotatable bonds is 5. The molecule has 0 aliphatic rings. The van der Waals surface area contributed by atoms with Gasteiger partial charge in [-0.15, -0.1) is 0 Å². The topological polar surface area (TPSA) is 61.4 Å². The molecule has 0 saturated heterocycles. The molecule has 0 aliphatic carbocycles. The van der Waals surface area contributed by atoms with Gasteiger partial charge in [0.25, 0.3) is 0 Å². The summed E-state index contributed by atoms with van der Waals surface area (Å²) in [7, 11) is 1.55. The van der Waals surface area contributed by atoms with E-state index in [9.17, 15) is 22.8 Å². The fourth-order valence-corrected chi connectivity index (χ4v) is 1.88. The molecule has 0 spiro atoms. The Morgan fingerprint density at radius 1 is 1.17 bits per heavy atom. The minimum atomic E-state index is -1.65. The van der Waals surface area contributed by atoms with Crippen molar-refractivity contribution >= 4 is 17.5 Å². The molecule has 1 aromatic rings. The van der Waals surface area contributed by atoms with Gasteiger partial charge in [-0.2, -0.15) is 0 Å². The summed E-state index contributed by atoms with van der Waals surface area (Å²) in [5.41, 5.74) is -0.864. The van der Waals surface area contributed by atoms with Crippen LogP contribution < -0.4 is 10.6 Å². The van der Waals surface area contributed by atoms with Gasteiger partial charge < -0.3 is 10.6 Å². The number of anilines is 1. The van der Waals surface area contributed by atoms with Crippen LogP contribution in [-0.2, 0) is 9.59 Å². The zero-order chi connectivity index (χ0) is 18.7. The molecule has 0 saturated carbocycles. The molecule has 2 N–H and O–H groups in total. The van der Waals surface area contributed by atoms with Crippen molar-refractivity contribution in [2.24, 2.45) is 0 Å². The Balaban J connectivity index is 2.71. The van der Waals surface area contributed by atoms with Gasteiger partial charge in [-0.3, -0.25) is 14.5 Å². The lowest BCUT2D eigenvalue weighted by atomic mass is 10.1. The van der Waals surface area contributed by atoms with Crippen molar-refractivity contribution in [2.45, 2.75) is 39.3 Å². The summed E-state index contributed by atoms with van der Waals surface area (Å²) in [5.74, 6) is -5.38. The Labute approximate surface area is 139 Å². The second-order valence-corrected chi connectivity index (χ2v) is 6.60. The second-order valence-electron chi connectivity index (χ2n) is 6.60. The highest BCUT2D eigenvalue weighted by Gasteiger charge is 2.23. The maximum absolute atomic E-state index is 13.6. The summed E-state index contributed by atoms with van der Waals surface area (Å²) >= 11 is 0. The molecule has 1 unspecified atom stereocenters. The predicted molar refractivity (Wildman–Crippen MR) is 84.9 cm³/mol. The maximum atomic E-state index is 13.6. The minimum Gasteiger partial charge on any atom is -0.350 e. The molecule has 1 aromatic carbocycles. The van der Waals surface area contributed by atoms with Crippen LogP contribution in [0.5, 0.6) is 0 Å². The first kappa shape index (κ1) is 20.0. The van der Waals surface area contributed by atoms with E-state index in [1.165, 1.54) is 11.8 Å². The number of carbonyl (C=O) groups excluding carboxylic acids is 2. The van der Waals surface area contributed by atoms with Gasteiger partial charge in [0.15, 0.2) is 17.5 Å². The number of halogens is 3. The molecule has 0 aliphatic heterocycles. The molecular weight excluding hydrogens is 323 g/mol. The summed E-state index contributed by atoms with van der Waals surface area (Å²) in [5, 5.41) is 4.94. The van der Waals surface area contributed by atoms with Gasteiger partial charge in [-0.05, 0) is 46.9 Å². The third-order valence-corrected chi connectivity index (χ3v) is 3.24. The Bertz CT molecular complexity index is 630. The summed E-state index contributed by atoms with van der Waals surface area (Å²) in [6.07, 6.45) is 0. The molecule has 134 valence electrons. The molecule has 5 nitrogen and oxygen atoms in total. The highest BCUT2D eigenvalue weighted by atomic mass is 19.2. The van der Waals surface area contributed by atoms with E-state index in [0.29, 0.717) is 0 Å². The fourth-order valence-electron chi connectivity index (χ4n) is 1.88. The van der Waals surface area contributed by atoms with E-state index in [1.54, 1.807) is 7.05 Å². The molecule has 8 heteroatoms. The number of hydrogen-bond donors (Lipinski definition) is 2. The quantitative estimate of drug-likeness (QED) is 0.805. The minimum absolute atomic E-state index is 0.0495. The van der Waals surface area contributed by atoms with Crippen LogP contribution in [0.2, 0.25) is 0 Å². The van der Waals surface area contributed by atoms with Crippen LogP contribution in [0.25, 0.3) is 0 Å². The number of nitrogens with one attached hydrogen (secondary N) is 2. The highest BCUT2D eigenvalue weighted by molar-refractivity contribution is 5.95. The Kier molecular flexibility index (Phi) is 6.36. The van der Waals surface area contributed by atoms with Crippen LogP contribution in [0, 0.1) is 17.5 Å². The molecule has 1 rings (SSSR count). The first-order valence-corrected chi connectivity index (χ1v) is 7.38. The molecule has 2 amide bonds. The van der Waals surface area contributed by atoms with Crippen molar-refractivity contribution in [3.63, 3.8) is 0 Å².